The first-order valence-electron chi connectivity index (χ1n) is 10.2. The van der Waals surface area contributed by atoms with Crippen LogP contribution in [0.1, 0.15) is 31.0 Å². The minimum Gasteiger partial charge on any atom is -0.497 e. The number of rotatable bonds is 5. The number of allylic oxidation sites excluding steroid dienone is 2. The summed E-state index contributed by atoms with van der Waals surface area (Å²) in [4.78, 5) is 33.3. The SMILES string of the molecule is COc1ccc(C=c2sc3n(c2=O)[C@@H](c2ccc(N(C)C)cc2)C(C(C)=O)=C(C)N=3)cc1. The number of Topliss-reactive ketones (excluding diaryl/α,β-unsaturated/α-hetero) is 1. The Balaban J connectivity index is 1.90. The van der Waals surface area contributed by atoms with E-state index in [4.69, 9.17) is 4.74 Å². The minimum atomic E-state index is -0.502. The monoisotopic (exact) mass is 447 g/mol. The molecule has 0 bridgehead atoms. The highest BCUT2D eigenvalue weighted by Gasteiger charge is 2.30. The lowest BCUT2D eigenvalue weighted by Crippen LogP contribution is -2.39. The Hall–Kier alpha value is -3.45. The smallest absolute Gasteiger partial charge is 0.271 e. The second kappa shape index (κ2) is 8.59. The van der Waals surface area contributed by atoms with Crippen molar-refractivity contribution in [2.24, 2.45) is 4.99 Å². The number of carbonyl (C=O) groups is 1. The maximum absolute atomic E-state index is 13.5. The summed E-state index contributed by atoms with van der Waals surface area (Å²) in [6.07, 6.45) is 1.85. The van der Waals surface area contributed by atoms with Gasteiger partial charge in [0, 0.05) is 31.1 Å². The fourth-order valence-corrected chi connectivity index (χ4v) is 4.94. The summed E-state index contributed by atoms with van der Waals surface area (Å²) in [5.74, 6) is 0.670. The fourth-order valence-electron chi connectivity index (χ4n) is 3.89. The molecule has 3 aromatic rings. The van der Waals surface area contributed by atoms with Crippen LogP contribution in [-0.4, -0.2) is 31.6 Å². The van der Waals surface area contributed by atoms with Gasteiger partial charge in [-0.25, -0.2) is 4.99 Å². The summed E-state index contributed by atoms with van der Waals surface area (Å²) in [6.45, 7) is 3.36. The number of fused-ring (bicyclic) bond motifs is 1. The summed E-state index contributed by atoms with van der Waals surface area (Å²) in [5, 5.41) is 0. The number of hydrogen-bond donors (Lipinski definition) is 0. The van der Waals surface area contributed by atoms with Crippen LogP contribution in [0.15, 0.2) is 69.6 Å². The second-order valence-electron chi connectivity index (χ2n) is 7.90. The minimum absolute atomic E-state index is 0.0858. The number of anilines is 1. The third kappa shape index (κ3) is 3.91. The lowest BCUT2D eigenvalue weighted by atomic mass is 9.93. The molecule has 0 radical (unpaired) electrons. The molecule has 0 fully saturated rings. The zero-order valence-corrected chi connectivity index (χ0v) is 19.6. The second-order valence-corrected chi connectivity index (χ2v) is 8.91. The summed E-state index contributed by atoms with van der Waals surface area (Å²) >= 11 is 1.33. The van der Waals surface area contributed by atoms with E-state index in [0.717, 1.165) is 22.6 Å². The van der Waals surface area contributed by atoms with Crippen molar-refractivity contribution in [3.8, 4) is 5.75 Å². The van der Waals surface area contributed by atoms with Crippen molar-refractivity contribution in [2.75, 3.05) is 26.1 Å². The van der Waals surface area contributed by atoms with Gasteiger partial charge in [-0.15, -0.1) is 0 Å². The number of hydrogen-bond acceptors (Lipinski definition) is 6. The van der Waals surface area contributed by atoms with Crippen molar-refractivity contribution < 1.29 is 9.53 Å². The Bertz CT molecular complexity index is 1380. The molecule has 0 amide bonds. The molecule has 2 heterocycles. The number of benzene rings is 2. The van der Waals surface area contributed by atoms with E-state index < -0.39 is 6.04 Å². The van der Waals surface area contributed by atoms with Crippen LogP contribution < -0.4 is 24.5 Å². The average Bonchev–Trinajstić information content (AvgIpc) is 3.07. The molecule has 6 nitrogen and oxygen atoms in total. The summed E-state index contributed by atoms with van der Waals surface area (Å²) in [7, 11) is 5.57. The largest absolute Gasteiger partial charge is 0.497 e. The van der Waals surface area contributed by atoms with E-state index in [1.807, 2.05) is 80.5 Å². The molecular formula is C25H25N3O3S. The molecule has 1 aliphatic rings. The van der Waals surface area contributed by atoms with Gasteiger partial charge in [0.05, 0.1) is 17.7 Å². The zero-order valence-electron chi connectivity index (χ0n) is 18.7. The number of thiazole rings is 1. The predicted molar refractivity (Wildman–Crippen MR) is 128 cm³/mol. The highest BCUT2D eigenvalue weighted by atomic mass is 32.1. The van der Waals surface area contributed by atoms with Crippen LogP contribution in [0.25, 0.3) is 6.08 Å². The molecule has 4 rings (SSSR count). The molecule has 164 valence electrons. The fraction of sp³-hybridized carbons (Fsp3) is 0.240. The lowest BCUT2D eigenvalue weighted by molar-refractivity contribution is -0.114. The number of aromatic nitrogens is 1. The van der Waals surface area contributed by atoms with Crippen LogP contribution in [0.3, 0.4) is 0 Å². The Morgan fingerprint density at radius 1 is 1.12 bits per heavy atom. The van der Waals surface area contributed by atoms with E-state index in [9.17, 15) is 9.59 Å². The van der Waals surface area contributed by atoms with Gasteiger partial charge in [-0.3, -0.25) is 14.2 Å². The van der Waals surface area contributed by atoms with Crippen LogP contribution in [0, 0.1) is 0 Å². The molecule has 0 N–H and O–H groups in total. The van der Waals surface area contributed by atoms with Gasteiger partial charge in [-0.1, -0.05) is 35.6 Å². The van der Waals surface area contributed by atoms with Gasteiger partial charge in [-0.2, -0.15) is 0 Å². The molecule has 0 unspecified atom stereocenters. The normalized spacial score (nSPS) is 15.9. The highest BCUT2D eigenvalue weighted by molar-refractivity contribution is 7.07. The summed E-state index contributed by atoms with van der Waals surface area (Å²) < 4.78 is 7.43. The molecule has 7 heteroatoms. The summed E-state index contributed by atoms with van der Waals surface area (Å²) in [6, 6.07) is 15.0. The van der Waals surface area contributed by atoms with Crippen LogP contribution in [0.2, 0.25) is 0 Å². The van der Waals surface area contributed by atoms with Gasteiger partial charge in [0.15, 0.2) is 10.6 Å². The Kier molecular flexibility index (Phi) is 5.84. The number of nitrogens with zero attached hydrogens (tertiary/aromatic N) is 3. The molecule has 1 atom stereocenters. The third-order valence-electron chi connectivity index (χ3n) is 5.54. The van der Waals surface area contributed by atoms with Crippen molar-refractivity contribution in [3.63, 3.8) is 0 Å². The van der Waals surface area contributed by atoms with Gasteiger partial charge >= 0.3 is 0 Å². The Morgan fingerprint density at radius 2 is 1.78 bits per heavy atom. The third-order valence-corrected chi connectivity index (χ3v) is 6.52. The van der Waals surface area contributed by atoms with E-state index >= 15 is 0 Å². The van der Waals surface area contributed by atoms with Crippen molar-refractivity contribution >= 4 is 28.9 Å². The molecular weight excluding hydrogens is 422 g/mol. The Labute approximate surface area is 190 Å². The number of carbonyl (C=O) groups excluding carboxylic acids is 1. The van der Waals surface area contributed by atoms with E-state index in [0.29, 0.717) is 20.6 Å². The van der Waals surface area contributed by atoms with Crippen LogP contribution in [0.4, 0.5) is 5.69 Å². The number of ketones is 1. The van der Waals surface area contributed by atoms with Gasteiger partial charge in [-0.05, 0) is 55.3 Å². The zero-order chi connectivity index (χ0) is 23.0. The average molecular weight is 448 g/mol. The molecule has 32 heavy (non-hydrogen) atoms. The van der Waals surface area contributed by atoms with Gasteiger partial charge in [0.1, 0.15) is 5.75 Å². The highest BCUT2D eigenvalue weighted by Crippen LogP contribution is 2.31. The lowest BCUT2D eigenvalue weighted by Gasteiger charge is -2.25. The first kappa shape index (κ1) is 21.8. The Morgan fingerprint density at radius 3 is 2.34 bits per heavy atom. The van der Waals surface area contributed by atoms with Gasteiger partial charge < -0.3 is 9.64 Å². The van der Waals surface area contributed by atoms with Crippen molar-refractivity contribution in [1.82, 2.24) is 4.57 Å². The van der Waals surface area contributed by atoms with Gasteiger partial charge in [0.25, 0.3) is 5.56 Å². The van der Waals surface area contributed by atoms with E-state index in [2.05, 4.69) is 4.99 Å². The molecule has 0 saturated carbocycles. The molecule has 1 aliphatic heterocycles. The van der Waals surface area contributed by atoms with Crippen molar-refractivity contribution in [2.45, 2.75) is 19.9 Å². The number of methoxy groups -OCH3 is 1. The van der Waals surface area contributed by atoms with Crippen molar-refractivity contribution in [1.29, 1.82) is 0 Å². The van der Waals surface area contributed by atoms with E-state index in [-0.39, 0.29) is 11.3 Å². The maximum Gasteiger partial charge on any atom is 0.271 e. The maximum atomic E-state index is 13.5. The standard InChI is InChI=1S/C25H25N3O3S/c1-15-22(16(2)29)23(18-8-10-19(11-9-18)27(3)4)28-24(30)21(32-25(28)26-15)14-17-6-12-20(31-5)13-7-17/h6-14,23H,1-5H3/t23-/m0/s1. The first-order chi connectivity index (χ1) is 15.3. The predicted octanol–water partition coefficient (Wildman–Crippen LogP) is 2.90. The van der Waals surface area contributed by atoms with Gasteiger partial charge in [0.2, 0.25) is 0 Å². The quantitative estimate of drug-likeness (QED) is 0.603. The van der Waals surface area contributed by atoms with Crippen molar-refractivity contribution in [3.05, 3.63) is 90.6 Å². The van der Waals surface area contributed by atoms with E-state index in [1.165, 1.54) is 18.3 Å². The molecule has 0 saturated heterocycles. The molecule has 0 spiro atoms. The topological polar surface area (TPSA) is 63.9 Å². The molecule has 1 aromatic heterocycles. The first-order valence-corrected chi connectivity index (χ1v) is 11.1. The number of ether oxygens (including phenoxy) is 1. The van der Waals surface area contributed by atoms with Crippen LogP contribution in [0.5, 0.6) is 5.75 Å². The summed E-state index contributed by atoms with van der Waals surface area (Å²) in [5.41, 5.74) is 3.86. The van der Waals surface area contributed by atoms with E-state index in [1.54, 1.807) is 11.7 Å². The molecule has 0 aliphatic carbocycles. The van der Waals surface area contributed by atoms with Crippen LogP contribution >= 0.6 is 11.3 Å². The van der Waals surface area contributed by atoms with Crippen LogP contribution in [-0.2, 0) is 4.79 Å². The molecule has 2 aromatic carbocycles.